The van der Waals surface area contributed by atoms with Crippen LogP contribution >= 0.6 is 0 Å². The highest BCUT2D eigenvalue weighted by molar-refractivity contribution is 5.47. The van der Waals surface area contributed by atoms with Crippen LogP contribution in [0.15, 0.2) is 24.3 Å². The predicted molar refractivity (Wildman–Crippen MR) is 75.5 cm³/mol. The van der Waals surface area contributed by atoms with Crippen molar-refractivity contribution < 1.29 is 0 Å². The SMILES string of the molecule is CC1CCCC1Nc1ccc(C(C)(C)C#N)cc1. The summed E-state index contributed by atoms with van der Waals surface area (Å²) in [4.78, 5) is 0. The van der Waals surface area contributed by atoms with Gasteiger partial charge in [0.15, 0.2) is 0 Å². The van der Waals surface area contributed by atoms with Gasteiger partial charge in [-0.2, -0.15) is 5.26 Å². The van der Waals surface area contributed by atoms with Crippen molar-refractivity contribution in [2.75, 3.05) is 5.32 Å². The standard InChI is InChI=1S/C16H22N2/c1-12-5-4-6-15(12)18-14-9-7-13(8-10-14)16(2,3)11-17/h7-10,12,15,18H,4-6H2,1-3H3. The van der Waals surface area contributed by atoms with Crippen LogP contribution in [-0.4, -0.2) is 6.04 Å². The van der Waals surface area contributed by atoms with Crippen molar-refractivity contribution in [1.29, 1.82) is 5.26 Å². The molecule has 1 N–H and O–H groups in total. The number of rotatable bonds is 3. The summed E-state index contributed by atoms with van der Waals surface area (Å²) in [6, 6.07) is 11.3. The first-order chi connectivity index (χ1) is 8.53. The fraction of sp³-hybridized carbons (Fsp3) is 0.562. The van der Waals surface area contributed by atoms with E-state index < -0.39 is 5.41 Å². The molecule has 1 aliphatic rings. The molecule has 2 atom stereocenters. The summed E-state index contributed by atoms with van der Waals surface area (Å²) >= 11 is 0. The molecule has 0 radical (unpaired) electrons. The molecule has 1 fully saturated rings. The van der Waals surface area contributed by atoms with Gasteiger partial charge in [0.1, 0.15) is 0 Å². The number of nitrogens with one attached hydrogen (secondary N) is 1. The lowest BCUT2D eigenvalue weighted by atomic mass is 9.86. The highest BCUT2D eigenvalue weighted by Gasteiger charge is 2.23. The minimum absolute atomic E-state index is 0.404. The Labute approximate surface area is 110 Å². The topological polar surface area (TPSA) is 35.8 Å². The largest absolute Gasteiger partial charge is 0.382 e. The number of nitriles is 1. The van der Waals surface area contributed by atoms with Crippen molar-refractivity contribution in [2.45, 2.75) is 51.5 Å². The van der Waals surface area contributed by atoms with Crippen LogP contribution in [-0.2, 0) is 5.41 Å². The molecule has 2 unspecified atom stereocenters. The third-order valence-corrected chi connectivity index (χ3v) is 4.10. The van der Waals surface area contributed by atoms with E-state index in [1.807, 2.05) is 13.8 Å². The van der Waals surface area contributed by atoms with Crippen LogP contribution in [0.2, 0.25) is 0 Å². The molecule has 1 saturated carbocycles. The lowest BCUT2D eigenvalue weighted by Gasteiger charge is -2.20. The van der Waals surface area contributed by atoms with Crippen LogP contribution in [0.25, 0.3) is 0 Å². The molecule has 2 heteroatoms. The van der Waals surface area contributed by atoms with Crippen LogP contribution in [0.3, 0.4) is 0 Å². The Morgan fingerprint density at radius 3 is 2.39 bits per heavy atom. The van der Waals surface area contributed by atoms with Gasteiger partial charge in [-0.15, -0.1) is 0 Å². The van der Waals surface area contributed by atoms with Crippen molar-refractivity contribution in [2.24, 2.45) is 5.92 Å². The summed E-state index contributed by atoms with van der Waals surface area (Å²) in [5, 5.41) is 12.7. The minimum Gasteiger partial charge on any atom is -0.382 e. The second-order valence-electron chi connectivity index (χ2n) is 5.97. The average Bonchev–Trinajstić information content (AvgIpc) is 2.76. The van der Waals surface area contributed by atoms with Crippen LogP contribution in [0.4, 0.5) is 5.69 Å². The second-order valence-corrected chi connectivity index (χ2v) is 5.97. The van der Waals surface area contributed by atoms with E-state index in [9.17, 15) is 0 Å². The summed E-state index contributed by atoms with van der Waals surface area (Å²) in [7, 11) is 0. The van der Waals surface area contributed by atoms with E-state index >= 15 is 0 Å². The van der Waals surface area contributed by atoms with E-state index in [1.165, 1.54) is 24.9 Å². The third-order valence-electron chi connectivity index (χ3n) is 4.10. The number of hydrogen-bond donors (Lipinski definition) is 1. The lowest BCUT2D eigenvalue weighted by Crippen LogP contribution is -2.21. The predicted octanol–water partition coefficient (Wildman–Crippen LogP) is 4.09. The first-order valence-electron chi connectivity index (χ1n) is 6.81. The highest BCUT2D eigenvalue weighted by Crippen LogP contribution is 2.29. The normalized spacial score (nSPS) is 23.7. The van der Waals surface area contributed by atoms with E-state index in [0.29, 0.717) is 6.04 Å². The van der Waals surface area contributed by atoms with Gasteiger partial charge in [0, 0.05) is 11.7 Å². The molecule has 0 aliphatic heterocycles. The van der Waals surface area contributed by atoms with Gasteiger partial charge in [-0.25, -0.2) is 0 Å². The molecule has 18 heavy (non-hydrogen) atoms. The van der Waals surface area contributed by atoms with E-state index in [2.05, 4.69) is 42.6 Å². The Morgan fingerprint density at radius 1 is 1.22 bits per heavy atom. The Balaban J connectivity index is 2.07. The van der Waals surface area contributed by atoms with Gasteiger partial charge in [0.05, 0.1) is 11.5 Å². The molecule has 0 spiro atoms. The Hall–Kier alpha value is -1.49. The summed E-state index contributed by atoms with van der Waals surface area (Å²) in [6.45, 7) is 6.22. The highest BCUT2D eigenvalue weighted by atomic mass is 14.9. The van der Waals surface area contributed by atoms with Crippen LogP contribution in [0.5, 0.6) is 0 Å². The Morgan fingerprint density at radius 2 is 1.89 bits per heavy atom. The molecule has 1 aromatic carbocycles. The van der Waals surface area contributed by atoms with Gasteiger partial charge in [-0.05, 0) is 50.3 Å². The van der Waals surface area contributed by atoms with E-state index in [1.54, 1.807) is 0 Å². The van der Waals surface area contributed by atoms with Crippen LogP contribution < -0.4 is 5.32 Å². The molecular formula is C16H22N2. The van der Waals surface area contributed by atoms with E-state index in [-0.39, 0.29) is 0 Å². The first kappa shape index (κ1) is 13.0. The first-order valence-corrected chi connectivity index (χ1v) is 6.81. The van der Waals surface area contributed by atoms with Crippen LogP contribution in [0.1, 0.15) is 45.6 Å². The molecule has 0 amide bonds. The monoisotopic (exact) mass is 242 g/mol. The average molecular weight is 242 g/mol. The summed E-state index contributed by atoms with van der Waals surface area (Å²) < 4.78 is 0. The second kappa shape index (κ2) is 5.02. The molecule has 96 valence electrons. The number of anilines is 1. The van der Waals surface area contributed by atoms with Crippen molar-refractivity contribution in [3.8, 4) is 6.07 Å². The minimum atomic E-state index is -0.404. The van der Waals surface area contributed by atoms with Gasteiger partial charge in [0.2, 0.25) is 0 Å². The number of benzene rings is 1. The molecule has 0 aromatic heterocycles. The quantitative estimate of drug-likeness (QED) is 0.866. The maximum Gasteiger partial charge on any atom is 0.0766 e. The Kier molecular flexibility index (Phi) is 3.61. The Bertz CT molecular complexity index is 439. The zero-order valence-corrected chi connectivity index (χ0v) is 11.5. The van der Waals surface area contributed by atoms with Gasteiger partial charge in [-0.1, -0.05) is 25.5 Å². The molecule has 2 rings (SSSR count). The van der Waals surface area contributed by atoms with Crippen molar-refractivity contribution in [3.05, 3.63) is 29.8 Å². The van der Waals surface area contributed by atoms with Crippen molar-refractivity contribution in [3.63, 3.8) is 0 Å². The fourth-order valence-corrected chi connectivity index (χ4v) is 2.62. The summed E-state index contributed by atoms with van der Waals surface area (Å²) in [6.07, 6.45) is 3.93. The number of hydrogen-bond acceptors (Lipinski definition) is 2. The van der Waals surface area contributed by atoms with Crippen molar-refractivity contribution >= 4 is 5.69 Å². The lowest BCUT2D eigenvalue weighted by molar-refractivity contribution is 0.556. The molecular weight excluding hydrogens is 220 g/mol. The van der Waals surface area contributed by atoms with Gasteiger partial charge in [0.25, 0.3) is 0 Å². The van der Waals surface area contributed by atoms with Gasteiger partial charge >= 0.3 is 0 Å². The molecule has 1 aromatic rings. The summed E-state index contributed by atoms with van der Waals surface area (Å²) in [5.41, 5.74) is 1.85. The molecule has 2 nitrogen and oxygen atoms in total. The zero-order chi connectivity index (χ0) is 13.2. The molecule has 0 saturated heterocycles. The fourth-order valence-electron chi connectivity index (χ4n) is 2.62. The maximum absolute atomic E-state index is 9.12. The molecule has 0 bridgehead atoms. The number of nitrogens with zero attached hydrogens (tertiary/aromatic N) is 1. The smallest absolute Gasteiger partial charge is 0.0766 e. The van der Waals surface area contributed by atoms with Crippen molar-refractivity contribution in [1.82, 2.24) is 0 Å². The zero-order valence-electron chi connectivity index (χ0n) is 11.5. The van der Waals surface area contributed by atoms with Gasteiger partial charge < -0.3 is 5.32 Å². The maximum atomic E-state index is 9.12. The molecule has 0 heterocycles. The van der Waals surface area contributed by atoms with Gasteiger partial charge in [-0.3, -0.25) is 0 Å². The third kappa shape index (κ3) is 2.67. The molecule has 1 aliphatic carbocycles. The van der Waals surface area contributed by atoms with Crippen LogP contribution in [0, 0.1) is 17.2 Å². The summed E-state index contributed by atoms with van der Waals surface area (Å²) in [5.74, 6) is 0.764. The van der Waals surface area contributed by atoms with E-state index in [0.717, 1.165) is 11.5 Å². The van der Waals surface area contributed by atoms with E-state index in [4.69, 9.17) is 5.26 Å².